The lowest BCUT2D eigenvalue weighted by molar-refractivity contribution is -0.120. The Morgan fingerprint density at radius 1 is 1.10 bits per heavy atom. The molecule has 1 unspecified atom stereocenters. The fourth-order valence-corrected chi connectivity index (χ4v) is 3.15. The quantitative estimate of drug-likeness (QED) is 0.448. The minimum absolute atomic E-state index is 0.0322. The highest BCUT2D eigenvalue weighted by atomic mass is 19.1. The fourth-order valence-electron chi connectivity index (χ4n) is 3.15. The molecule has 1 atom stereocenters. The second-order valence-electron chi connectivity index (χ2n) is 6.71. The molecule has 3 rings (SSSR count). The number of carbonyl (C=O) groups excluding carboxylic acids is 2. The van der Waals surface area contributed by atoms with E-state index in [0.717, 1.165) is 12.1 Å². The summed E-state index contributed by atoms with van der Waals surface area (Å²) in [5.74, 6) is -3.89. The number of aromatic nitrogens is 1. The summed E-state index contributed by atoms with van der Waals surface area (Å²) in [4.78, 5) is 49.4. The van der Waals surface area contributed by atoms with Crippen molar-refractivity contribution in [2.24, 2.45) is 0 Å². The van der Waals surface area contributed by atoms with E-state index >= 15 is 0 Å². The molecule has 10 heteroatoms. The zero-order valence-corrected chi connectivity index (χ0v) is 16.2. The molecule has 2 amide bonds. The number of rotatable bonds is 6. The van der Waals surface area contributed by atoms with Gasteiger partial charge in [-0.1, -0.05) is 12.1 Å². The van der Waals surface area contributed by atoms with Gasteiger partial charge in [-0.25, -0.2) is 13.6 Å². The summed E-state index contributed by atoms with van der Waals surface area (Å²) in [6, 6.07) is 6.76. The Hall–Kier alpha value is -4.08. The highest BCUT2D eigenvalue weighted by Crippen LogP contribution is 2.25. The van der Waals surface area contributed by atoms with Crippen molar-refractivity contribution < 1.29 is 28.3 Å². The molecule has 0 spiro atoms. The van der Waals surface area contributed by atoms with Crippen LogP contribution in [0.15, 0.2) is 47.4 Å². The van der Waals surface area contributed by atoms with E-state index in [9.17, 15) is 28.0 Å². The van der Waals surface area contributed by atoms with Crippen molar-refractivity contribution in [1.29, 1.82) is 0 Å². The zero-order valence-electron chi connectivity index (χ0n) is 16.2. The van der Waals surface area contributed by atoms with Crippen molar-refractivity contribution in [2.75, 3.05) is 6.54 Å². The number of nitrogens with one attached hydrogen (secondary N) is 3. The van der Waals surface area contributed by atoms with Crippen LogP contribution in [-0.2, 0) is 4.79 Å². The highest BCUT2D eigenvalue weighted by molar-refractivity contribution is 6.16. The number of aromatic amines is 1. The van der Waals surface area contributed by atoms with E-state index < -0.39 is 53.1 Å². The smallest absolute Gasteiger partial charge is 0.405 e. The molecule has 0 saturated heterocycles. The first-order valence-corrected chi connectivity index (χ1v) is 9.09. The van der Waals surface area contributed by atoms with Gasteiger partial charge in [-0.2, -0.15) is 0 Å². The van der Waals surface area contributed by atoms with E-state index in [0.29, 0.717) is 0 Å². The standard InChI is InChI=1S/C21H17F2N3O5/c1-10(26-17(27)9-25-21(30)31)11-7-15(22)18(16(23)8-11)19(28)13-3-2-4-14-12(13)5-6-24-20(14)29/h2-8,10,25H,9H2,1H3,(H,24,29)(H,26,27)(H,30,31). The summed E-state index contributed by atoms with van der Waals surface area (Å²) >= 11 is 0. The van der Waals surface area contributed by atoms with Crippen LogP contribution in [0.4, 0.5) is 13.6 Å². The molecule has 31 heavy (non-hydrogen) atoms. The molecular weight excluding hydrogens is 412 g/mol. The Morgan fingerprint density at radius 2 is 1.77 bits per heavy atom. The van der Waals surface area contributed by atoms with Gasteiger partial charge in [0.2, 0.25) is 5.91 Å². The minimum Gasteiger partial charge on any atom is -0.465 e. The van der Waals surface area contributed by atoms with Gasteiger partial charge < -0.3 is 20.7 Å². The fraction of sp³-hybridized carbons (Fsp3) is 0.143. The van der Waals surface area contributed by atoms with Gasteiger partial charge in [-0.15, -0.1) is 0 Å². The number of pyridine rings is 1. The zero-order chi connectivity index (χ0) is 22.7. The molecule has 4 N–H and O–H groups in total. The van der Waals surface area contributed by atoms with Crippen LogP contribution < -0.4 is 16.2 Å². The van der Waals surface area contributed by atoms with Crippen LogP contribution in [0.5, 0.6) is 0 Å². The molecule has 2 aromatic carbocycles. The second kappa shape index (κ2) is 8.74. The Balaban J connectivity index is 1.92. The average Bonchev–Trinajstić information content (AvgIpc) is 2.71. The molecule has 0 aliphatic rings. The Kier molecular flexibility index (Phi) is 6.10. The largest absolute Gasteiger partial charge is 0.465 e. The van der Waals surface area contributed by atoms with Gasteiger partial charge in [0.05, 0.1) is 11.6 Å². The van der Waals surface area contributed by atoms with Gasteiger partial charge in [0.25, 0.3) is 5.56 Å². The summed E-state index contributed by atoms with van der Waals surface area (Å²) in [5.41, 5.74) is -1.21. The third-order valence-electron chi connectivity index (χ3n) is 4.63. The maximum Gasteiger partial charge on any atom is 0.405 e. The third kappa shape index (κ3) is 4.58. The monoisotopic (exact) mass is 429 g/mol. The number of carboxylic acid groups (broad SMARTS) is 1. The van der Waals surface area contributed by atoms with Crippen molar-refractivity contribution in [3.8, 4) is 0 Å². The van der Waals surface area contributed by atoms with Gasteiger partial charge in [-0.05, 0) is 42.1 Å². The maximum absolute atomic E-state index is 14.7. The summed E-state index contributed by atoms with van der Waals surface area (Å²) in [7, 11) is 0. The van der Waals surface area contributed by atoms with Crippen LogP contribution in [0.3, 0.4) is 0 Å². The number of hydrogen-bond donors (Lipinski definition) is 4. The van der Waals surface area contributed by atoms with Gasteiger partial charge >= 0.3 is 6.09 Å². The van der Waals surface area contributed by atoms with Crippen molar-refractivity contribution in [3.05, 3.63) is 81.3 Å². The molecular formula is C21H17F2N3O5. The molecule has 0 fully saturated rings. The van der Waals surface area contributed by atoms with E-state index in [4.69, 9.17) is 5.11 Å². The van der Waals surface area contributed by atoms with Crippen LogP contribution in [0, 0.1) is 11.6 Å². The van der Waals surface area contributed by atoms with Crippen molar-refractivity contribution in [1.82, 2.24) is 15.6 Å². The number of hydrogen-bond acceptors (Lipinski definition) is 4. The van der Waals surface area contributed by atoms with Crippen LogP contribution in [0.25, 0.3) is 10.8 Å². The summed E-state index contributed by atoms with van der Waals surface area (Å²) in [5, 5.41) is 13.2. The molecule has 3 aromatic rings. The van der Waals surface area contributed by atoms with E-state index in [1.807, 2.05) is 5.32 Å². The minimum atomic E-state index is -1.39. The van der Waals surface area contributed by atoms with Crippen LogP contribution in [0.1, 0.15) is 34.5 Å². The van der Waals surface area contributed by atoms with Crippen molar-refractivity contribution >= 4 is 28.6 Å². The molecule has 0 aliphatic carbocycles. The number of fused-ring (bicyclic) bond motifs is 1. The number of halogens is 2. The predicted molar refractivity (Wildman–Crippen MR) is 107 cm³/mol. The van der Waals surface area contributed by atoms with E-state index in [2.05, 4.69) is 10.3 Å². The molecule has 8 nitrogen and oxygen atoms in total. The van der Waals surface area contributed by atoms with Crippen LogP contribution in [-0.4, -0.2) is 34.4 Å². The average molecular weight is 429 g/mol. The third-order valence-corrected chi connectivity index (χ3v) is 4.63. The highest BCUT2D eigenvalue weighted by Gasteiger charge is 2.23. The number of H-pyrrole nitrogens is 1. The summed E-state index contributed by atoms with van der Waals surface area (Å²) in [6.45, 7) is 0.923. The Bertz CT molecular complexity index is 1230. The normalized spacial score (nSPS) is 11.7. The lowest BCUT2D eigenvalue weighted by atomic mass is 9.95. The molecule has 0 saturated carbocycles. The van der Waals surface area contributed by atoms with E-state index in [1.54, 1.807) is 0 Å². The van der Waals surface area contributed by atoms with Gasteiger partial charge in [0, 0.05) is 17.1 Å². The number of carbonyl (C=O) groups is 3. The number of amides is 2. The molecule has 160 valence electrons. The second-order valence-corrected chi connectivity index (χ2v) is 6.71. The van der Waals surface area contributed by atoms with E-state index in [1.165, 1.54) is 37.4 Å². The lowest BCUT2D eigenvalue weighted by Crippen LogP contribution is -2.37. The number of benzene rings is 2. The van der Waals surface area contributed by atoms with Crippen LogP contribution >= 0.6 is 0 Å². The summed E-state index contributed by atoms with van der Waals surface area (Å²) in [6.07, 6.45) is -0.0564. The van der Waals surface area contributed by atoms with Gasteiger partial charge in [0.1, 0.15) is 18.2 Å². The molecule has 1 aromatic heterocycles. The van der Waals surface area contributed by atoms with Gasteiger partial charge in [-0.3, -0.25) is 14.4 Å². The predicted octanol–water partition coefficient (Wildman–Crippen LogP) is 2.48. The maximum atomic E-state index is 14.7. The first kappa shape index (κ1) is 21.6. The molecule has 1 heterocycles. The van der Waals surface area contributed by atoms with E-state index in [-0.39, 0.29) is 21.9 Å². The lowest BCUT2D eigenvalue weighted by Gasteiger charge is -2.16. The van der Waals surface area contributed by atoms with Gasteiger partial charge in [0.15, 0.2) is 5.78 Å². The number of ketones is 1. The van der Waals surface area contributed by atoms with Crippen molar-refractivity contribution in [3.63, 3.8) is 0 Å². The SMILES string of the molecule is CC(NC(=O)CNC(=O)O)c1cc(F)c(C(=O)c2cccc3c(=O)[nH]ccc23)c(F)c1. The van der Waals surface area contributed by atoms with Crippen LogP contribution in [0.2, 0.25) is 0 Å². The molecule has 0 radical (unpaired) electrons. The topological polar surface area (TPSA) is 128 Å². The van der Waals surface area contributed by atoms with Crippen molar-refractivity contribution in [2.45, 2.75) is 13.0 Å². The molecule has 0 bridgehead atoms. The first-order valence-electron chi connectivity index (χ1n) is 9.09. The Labute approximate surface area is 173 Å². The summed E-state index contributed by atoms with van der Waals surface area (Å²) < 4.78 is 29.5. The Morgan fingerprint density at radius 3 is 2.42 bits per heavy atom. The first-order chi connectivity index (χ1) is 14.7. The molecule has 0 aliphatic heterocycles.